The van der Waals surface area contributed by atoms with Crippen LogP contribution in [0.15, 0.2) is 0 Å². The van der Waals surface area contributed by atoms with E-state index in [9.17, 15) is 4.79 Å². The van der Waals surface area contributed by atoms with Gasteiger partial charge in [0, 0.05) is 6.04 Å². The Labute approximate surface area is 130 Å². The highest BCUT2D eigenvalue weighted by Crippen LogP contribution is 2.23. The van der Waals surface area contributed by atoms with Gasteiger partial charge in [-0.2, -0.15) is 5.10 Å². The molecule has 21 heavy (non-hydrogen) atoms. The van der Waals surface area contributed by atoms with Gasteiger partial charge in [-0.05, 0) is 40.2 Å². The van der Waals surface area contributed by atoms with Crippen molar-refractivity contribution in [3.8, 4) is 0 Å². The minimum absolute atomic E-state index is 0.0268. The zero-order valence-corrected chi connectivity index (χ0v) is 14.0. The number of thiocarbonyl (C=S) groups is 1. The third kappa shape index (κ3) is 4.10. The third-order valence-corrected chi connectivity index (χ3v) is 3.39. The van der Waals surface area contributed by atoms with E-state index in [0.29, 0.717) is 18.0 Å². The monoisotopic (exact) mass is 310 g/mol. The third-order valence-electron chi connectivity index (χ3n) is 3.18. The first-order valence-electron chi connectivity index (χ1n) is 6.85. The van der Waals surface area contributed by atoms with Crippen molar-refractivity contribution in [2.45, 2.75) is 40.7 Å². The summed E-state index contributed by atoms with van der Waals surface area (Å²) in [6.07, 6.45) is 0. The van der Waals surface area contributed by atoms with Gasteiger partial charge < -0.3 is 15.4 Å². The molecule has 1 rings (SSSR count). The molecule has 0 aliphatic heterocycles. The van der Waals surface area contributed by atoms with E-state index < -0.39 is 0 Å². The van der Waals surface area contributed by atoms with Crippen molar-refractivity contribution in [1.29, 1.82) is 0 Å². The average molecular weight is 310 g/mol. The second-order valence-corrected chi connectivity index (χ2v) is 5.44. The molecule has 0 aliphatic carbocycles. The van der Waals surface area contributed by atoms with E-state index in [-0.39, 0.29) is 23.5 Å². The first kappa shape index (κ1) is 17.3. The van der Waals surface area contributed by atoms with Crippen molar-refractivity contribution in [3.63, 3.8) is 0 Å². The van der Waals surface area contributed by atoms with Crippen molar-refractivity contribution in [1.82, 2.24) is 10.2 Å². The first-order chi connectivity index (χ1) is 9.79. The zero-order chi connectivity index (χ0) is 16.2. The summed E-state index contributed by atoms with van der Waals surface area (Å²) >= 11 is 5.13. The predicted molar refractivity (Wildman–Crippen MR) is 86.5 cm³/mol. The van der Waals surface area contributed by atoms with E-state index in [1.54, 1.807) is 11.8 Å². The summed E-state index contributed by atoms with van der Waals surface area (Å²) in [6, 6.07) is 0.0268. The van der Waals surface area contributed by atoms with E-state index >= 15 is 0 Å². The van der Waals surface area contributed by atoms with E-state index in [1.165, 1.54) is 0 Å². The van der Waals surface area contributed by atoms with Gasteiger partial charge in [0.15, 0.2) is 5.82 Å². The fourth-order valence-corrected chi connectivity index (χ4v) is 2.18. The number of aryl methyl sites for hydroxylation is 1. The van der Waals surface area contributed by atoms with Crippen molar-refractivity contribution in [3.05, 3.63) is 16.8 Å². The molecule has 7 heteroatoms. The second-order valence-electron chi connectivity index (χ2n) is 5.00. The van der Waals surface area contributed by atoms with Crippen LogP contribution in [0.4, 0.5) is 5.82 Å². The number of anilines is 1. The van der Waals surface area contributed by atoms with Gasteiger partial charge in [0.2, 0.25) is 0 Å². The maximum Gasteiger partial charge on any atom is 0.325 e. The lowest BCUT2D eigenvalue weighted by Gasteiger charge is -2.28. The Morgan fingerprint density at radius 1 is 1.38 bits per heavy atom. The number of hydrogen-bond donors (Lipinski definition) is 1. The van der Waals surface area contributed by atoms with Crippen LogP contribution in [-0.2, 0) is 9.53 Å². The molecular weight excluding hydrogens is 288 g/mol. The highest BCUT2D eigenvalue weighted by Gasteiger charge is 2.23. The van der Waals surface area contributed by atoms with Crippen LogP contribution in [0.3, 0.4) is 0 Å². The lowest BCUT2D eigenvalue weighted by atomic mass is 10.1. The van der Waals surface area contributed by atoms with Gasteiger partial charge in [-0.1, -0.05) is 12.2 Å². The summed E-state index contributed by atoms with van der Waals surface area (Å²) < 4.78 is 5.01. The Balaban J connectivity index is 3.29. The molecule has 6 nitrogen and oxygen atoms in total. The number of ether oxygens (including phenoxy) is 1. The Bertz CT molecular complexity index is 546. The van der Waals surface area contributed by atoms with Crippen LogP contribution in [0.1, 0.15) is 37.6 Å². The molecule has 0 fully saturated rings. The van der Waals surface area contributed by atoms with Crippen LogP contribution in [0.2, 0.25) is 0 Å². The van der Waals surface area contributed by atoms with E-state index in [1.807, 2.05) is 27.7 Å². The Hall–Kier alpha value is -1.76. The van der Waals surface area contributed by atoms with Crippen LogP contribution >= 0.6 is 12.2 Å². The number of aromatic nitrogens is 2. The molecule has 0 saturated carbocycles. The first-order valence-corrected chi connectivity index (χ1v) is 7.26. The largest absolute Gasteiger partial charge is 0.465 e. The predicted octanol–water partition coefficient (Wildman–Crippen LogP) is 1.51. The van der Waals surface area contributed by atoms with E-state index in [0.717, 1.165) is 11.3 Å². The molecule has 2 N–H and O–H groups in total. The minimum Gasteiger partial charge on any atom is -0.465 e. The Morgan fingerprint density at radius 3 is 2.48 bits per heavy atom. The van der Waals surface area contributed by atoms with Crippen LogP contribution < -0.4 is 10.6 Å². The molecule has 0 atom stereocenters. The van der Waals surface area contributed by atoms with Gasteiger partial charge in [0.25, 0.3) is 0 Å². The summed E-state index contributed by atoms with van der Waals surface area (Å²) in [5.41, 5.74) is 8.14. The maximum atomic E-state index is 11.8. The zero-order valence-electron chi connectivity index (χ0n) is 13.1. The summed E-state index contributed by atoms with van der Waals surface area (Å²) in [5, 5.41) is 8.32. The fourth-order valence-electron chi connectivity index (χ4n) is 1.94. The average Bonchev–Trinajstić information content (AvgIpc) is 2.38. The molecule has 0 aliphatic rings. The van der Waals surface area contributed by atoms with Gasteiger partial charge in [0.05, 0.1) is 17.9 Å². The highest BCUT2D eigenvalue weighted by atomic mass is 32.1. The van der Waals surface area contributed by atoms with Crippen LogP contribution in [0, 0.1) is 13.8 Å². The van der Waals surface area contributed by atoms with E-state index in [4.69, 9.17) is 22.7 Å². The molecule has 0 radical (unpaired) electrons. The summed E-state index contributed by atoms with van der Waals surface area (Å²) in [6.45, 7) is 9.85. The molecular formula is C14H22N4O2S. The number of hydrogen-bond acceptors (Lipinski definition) is 6. The van der Waals surface area contributed by atoms with Gasteiger partial charge in [0.1, 0.15) is 11.5 Å². The highest BCUT2D eigenvalue weighted by molar-refractivity contribution is 7.80. The molecule has 1 heterocycles. The number of carbonyl (C=O) groups excluding carboxylic acids is 1. The van der Waals surface area contributed by atoms with Gasteiger partial charge in [-0.3, -0.25) is 4.79 Å². The smallest absolute Gasteiger partial charge is 0.325 e. The van der Waals surface area contributed by atoms with Gasteiger partial charge >= 0.3 is 5.97 Å². The molecule has 0 amide bonds. The molecule has 0 unspecified atom stereocenters. The summed E-state index contributed by atoms with van der Waals surface area (Å²) in [5.74, 6) is 0.203. The van der Waals surface area contributed by atoms with Gasteiger partial charge in [-0.25, -0.2) is 0 Å². The van der Waals surface area contributed by atoms with Crippen LogP contribution in [-0.4, -0.2) is 40.3 Å². The molecule has 0 bridgehead atoms. The quantitative estimate of drug-likeness (QED) is 0.630. The molecule has 116 valence electrons. The van der Waals surface area contributed by atoms with Crippen LogP contribution in [0.5, 0.6) is 0 Å². The molecule has 1 aromatic heterocycles. The lowest BCUT2D eigenvalue weighted by molar-refractivity contribution is -0.141. The minimum atomic E-state index is -0.319. The normalized spacial score (nSPS) is 10.6. The van der Waals surface area contributed by atoms with E-state index in [2.05, 4.69) is 10.2 Å². The van der Waals surface area contributed by atoms with Crippen molar-refractivity contribution >= 4 is 29.0 Å². The van der Waals surface area contributed by atoms with Crippen LogP contribution in [0.25, 0.3) is 0 Å². The number of carbonyl (C=O) groups is 1. The Kier molecular flexibility index (Phi) is 6.02. The SMILES string of the molecule is CCOC(=O)CN(c1nnc(C)c(C)c1C(N)=S)C(C)C. The standard InChI is InChI=1S/C14H22N4O2S/c1-6-20-11(19)7-18(8(2)3)14-12(13(15)21)9(4)10(5)16-17-14/h8H,6-7H2,1-5H3,(H2,15,21). The maximum absolute atomic E-state index is 11.8. The lowest BCUT2D eigenvalue weighted by Crippen LogP contribution is -2.39. The molecule has 1 aromatic rings. The fraction of sp³-hybridized carbons (Fsp3) is 0.571. The molecule has 0 spiro atoms. The number of rotatable bonds is 6. The summed E-state index contributed by atoms with van der Waals surface area (Å²) in [4.78, 5) is 13.8. The summed E-state index contributed by atoms with van der Waals surface area (Å²) in [7, 11) is 0. The molecule has 0 aromatic carbocycles. The number of nitrogens with two attached hydrogens (primary N) is 1. The van der Waals surface area contributed by atoms with Crippen molar-refractivity contribution < 1.29 is 9.53 Å². The number of esters is 1. The number of nitrogens with zero attached hydrogens (tertiary/aromatic N) is 3. The Morgan fingerprint density at radius 2 is 2.00 bits per heavy atom. The second kappa shape index (κ2) is 7.31. The van der Waals surface area contributed by atoms with Gasteiger partial charge in [-0.15, -0.1) is 5.10 Å². The van der Waals surface area contributed by atoms with Crippen molar-refractivity contribution in [2.24, 2.45) is 5.73 Å². The topological polar surface area (TPSA) is 81.3 Å². The molecule has 0 saturated heterocycles. The van der Waals surface area contributed by atoms with Crippen molar-refractivity contribution in [2.75, 3.05) is 18.1 Å².